The molecular weight excluding hydrogens is 196 g/mol. The summed E-state index contributed by atoms with van der Waals surface area (Å²) >= 11 is 1.40. The second kappa shape index (κ2) is 3.67. The van der Waals surface area contributed by atoms with Gasteiger partial charge in [-0.1, -0.05) is 0 Å². The number of thiazole rings is 1. The summed E-state index contributed by atoms with van der Waals surface area (Å²) in [7, 11) is 0. The predicted octanol–water partition coefficient (Wildman–Crippen LogP) is 2.08. The highest BCUT2D eigenvalue weighted by Gasteiger charge is 2.11. The monoisotopic (exact) mass is 204 g/mol. The summed E-state index contributed by atoms with van der Waals surface area (Å²) < 4.78 is 0. The van der Waals surface area contributed by atoms with Gasteiger partial charge in [0.15, 0.2) is 0 Å². The second-order valence-corrected chi connectivity index (χ2v) is 4.05. The largest absolute Gasteiger partial charge is 0.288 e. The fourth-order valence-electron chi connectivity index (χ4n) is 1.11. The van der Waals surface area contributed by atoms with Gasteiger partial charge in [-0.15, -0.1) is 11.3 Å². The van der Waals surface area contributed by atoms with Crippen molar-refractivity contribution >= 4 is 17.1 Å². The Morgan fingerprint density at radius 1 is 1.43 bits per heavy atom. The molecule has 0 spiro atoms. The van der Waals surface area contributed by atoms with E-state index in [2.05, 4.69) is 9.97 Å². The molecule has 0 saturated carbocycles. The van der Waals surface area contributed by atoms with E-state index in [4.69, 9.17) is 0 Å². The first-order valence-electron chi connectivity index (χ1n) is 4.14. The maximum atomic E-state index is 11.8. The molecule has 0 amide bonds. The van der Waals surface area contributed by atoms with E-state index in [0.717, 1.165) is 5.01 Å². The van der Waals surface area contributed by atoms with Crippen molar-refractivity contribution in [2.45, 2.75) is 6.92 Å². The van der Waals surface area contributed by atoms with Crippen molar-refractivity contribution < 1.29 is 4.79 Å². The number of rotatable bonds is 2. The van der Waals surface area contributed by atoms with Crippen LogP contribution >= 0.6 is 11.3 Å². The van der Waals surface area contributed by atoms with Crippen molar-refractivity contribution in [2.24, 2.45) is 0 Å². The minimum absolute atomic E-state index is 0.0105. The first-order valence-corrected chi connectivity index (χ1v) is 4.96. The van der Waals surface area contributed by atoms with Crippen molar-refractivity contribution in [3.63, 3.8) is 0 Å². The van der Waals surface area contributed by atoms with Crippen LogP contribution in [0, 0.1) is 6.92 Å². The third-order valence-electron chi connectivity index (χ3n) is 1.77. The summed E-state index contributed by atoms with van der Waals surface area (Å²) in [6.45, 7) is 1.88. The highest BCUT2D eigenvalue weighted by atomic mass is 32.1. The third kappa shape index (κ3) is 1.70. The van der Waals surface area contributed by atoms with Crippen molar-refractivity contribution in [3.05, 3.63) is 46.2 Å². The van der Waals surface area contributed by atoms with Gasteiger partial charge in [-0.05, 0) is 19.1 Å². The summed E-state index contributed by atoms with van der Waals surface area (Å²) in [5.74, 6) is -0.0105. The van der Waals surface area contributed by atoms with Gasteiger partial charge in [0, 0.05) is 24.2 Å². The normalized spacial score (nSPS) is 10.1. The van der Waals surface area contributed by atoms with Gasteiger partial charge in [-0.25, -0.2) is 4.98 Å². The van der Waals surface area contributed by atoms with E-state index >= 15 is 0 Å². The molecule has 4 heteroatoms. The first-order chi connectivity index (χ1) is 6.77. The number of aryl methyl sites for hydroxylation is 1. The zero-order valence-electron chi connectivity index (χ0n) is 7.60. The molecule has 0 aliphatic heterocycles. The SMILES string of the molecule is Cc1ncc(C(=O)c2cccnc2)s1. The summed E-state index contributed by atoms with van der Waals surface area (Å²) in [4.78, 5) is 20.4. The molecular formula is C10H8N2OS. The van der Waals surface area contributed by atoms with E-state index in [1.54, 1.807) is 30.7 Å². The van der Waals surface area contributed by atoms with Gasteiger partial charge < -0.3 is 0 Å². The molecule has 0 bridgehead atoms. The number of nitrogens with zero attached hydrogens (tertiary/aromatic N) is 2. The number of carbonyl (C=O) groups excluding carboxylic acids is 1. The zero-order chi connectivity index (χ0) is 9.97. The number of ketones is 1. The van der Waals surface area contributed by atoms with Crippen LogP contribution in [0.4, 0.5) is 0 Å². The molecule has 0 aromatic carbocycles. The summed E-state index contributed by atoms with van der Waals surface area (Å²) in [5.41, 5.74) is 0.608. The molecule has 2 rings (SSSR count). The Labute approximate surface area is 85.5 Å². The van der Waals surface area contributed by atoms with Crippen LogP contribution in [0.2, 0.25) is 0 Å². The lowest BCUT2D eigenvalue weighted by Gasteiger charge is -1.94. The lowest BCUT2D eigenvalue weighted by Crippen LogP contribution is -1.98. The lowest BCUT2D eigenvalue weighted by molar-refractivity contribution is 0.104. The Balaban J connectivity index is 2.34. The van der Waals surface area contributed by atoms with Gasteiger partial charge in [-0.2, -0.15) is 0 Å². The highest BCUT2D eigenvalue weighted by molar-refractivity contribution is 7.13. The van der Waals surface area contributed by atoms with Crippen LogP contribution in [0.15, 0.2) is 30.7 Å². The zero-order valence-corrected chi connectivity index (χ0v) is 8.41. The summed E-state index contributed by atoms with van der Waals surface area (Å²) in [6.07, 6.45) is 4.82. The minimum atomic E-state index is -0.0105. The molecule has 0 saturated heterocycles. The Bertz CT molecular complexity index is 450. The first kappa shape index (κ1) is 9.02. The van der Waals surface area contributed by atoms with E-state index < -0.39 is 0 Å². The lowest BCUT2D eigenvalue weighted by atomic mass is 10.2. The third-order valence-corrected chi connectivity index (χ3v) is 2.68. The Hall–Kier alpha value is -1.55. The van der Waals surface area contributed by atoms with Crippen molar-refractivity contribution in [1.29, 1.82) is 0 Å². The fourth-order valence-corrected chi connectivity index (χ4v) is 1.85. The molecule has 0 fully saturated rings. The Morgan fingerprint density at radius 2 is 2.29 bits per heavy atom. The molecule has 0 N–H and O–H groups in total. The molecule has 0 aliphatic rings. The van der Waals surface area contributed by atoms with Crippen LogP contribution in [0.1, 0.15) is 20.2 Å². The van der Waals surface area contributed by atoms with Crippen molar-refractivity contribution in [3.8, 4) is 0 Å². The molecule has 0 unspecified atom stereocenters. The molecule has 0 radical (unpaired) electrons. The standard InChI is InChI=1S/C10H8N2OS/c1-7-12-6-9(14-7)10(13)8-3-2-4-11-5-8/h2-6H,1H3. The molecule has 14 heavy (non-hydrogen) atoms. The second-order valence-electron chi connectivity index (χ2n) is 2.81. The quantitative estimate of drug-likeness (QED) is 0.703. The maximum absolute atomic E-state index is 11.8. The van der Waals surface area contributed by atoms with Crippen LogP contribution in [0.3, 0.4) is 0 Å². The number of hydrogen-bond donors (Lipinski definition) is 0. The number of pyridine rings is 1. The van der Waals surface area contributed by atoms with E-state index in [0.29, 0.717) is 10.4 Å². The average molecular weight is 204 g/mol. The molecule has 70 valence electrons. The number of hydrogen-bond acceptors (Lipinski definition) is 4. The van der Waals surface area contributed by atoms with Gasteiger partial charge in [0.05, 0.1) is 9.88 Å². The Morgan fingerprint density at radius 3 is 2.86 bits per heavy atom. The average Bonchev–Trinajstić information content (AvgIpc) is 2.65. The van der Waals surface area contributed by atoms with E-state index in [1.165, 1.54) is 11.3 Å². The summed E-state index contributed by atoms with van der Waals surface area (Å²) in [6, 6.07) is 3.51. The van der Waals surface area contributed by atoms with E-state index in [9.17, 15) is 4.79 Å². The van der Waals surface area contributed by atoms with Crippen LogP contribution in [-0.4, -0.2) is 15.8 Å². The maximum Gasteiger partial charge on any atom is 0.206 e. The van der Waals surface area contributed by atoms with Crippen LogP contribution in [-0.2, 0) is 0 Å². The van der Waals surface area contributed by atoms with Gasteiger partial charge in [0.25, 0.3) is 0 Å². The van der Waals surface area contributed by atoms with Gasteiger partial charge >= 0.3 is 0 Å². The van der Waals surface area contributed by atoms with Crippen LogP contribution < -0.4 is 0 Å². The molecule has 2 heterocycles. The number of aromatic nitrogens is 2. The number of carbonyl (C=O) groups is 1. The molecule has 2 aromatic rings. The van der Waals surface area contributed by atoms with Gasteiger partial charge in [-0.3, -0.25) is 9.78 Å². The van der Waals surface area contributed by atoms with Crippen LogP contribution in [0.25, 0.3) is 0 Å². The van der Waals surface area contributed by atoms with Gasteiger partial charge in [0.2, 0.25) is 5.78 Å². The minimum Gasteiger partial charge on any atom is -0.288 e. The molecule has 2 aromatic heterocycles. The molecule has 0 atom stereocenters. The predicted molar refractivity (Wildman–Crippen MR) is 54.5 cm³/mol. The van der Waals surface area contributed by atoms with E-state index in [-0.39, 0.29) is 5.78 Å². The molecule has 3 nitrogen and oxygen atoms in total. The smallest absolute Gasteiger partial charge is 0.206 e. The topological polar surface area (TPSA) is 42.9 Å². The Kier molecular flexibility index (Phi) is 2.37. The van der Waals surface area contributed by atoms with E-state index in [1.807, 2.05) is 6.92 Å². The fraction of sp³-hybridized carbons (Fsp3) is 0.100. The summed E-state index contributed by atoms with van der Waals surface area (Å²) in [5, 5.41) is 0.900. The van der Waals surface area contributed by atoms with Gasteiger partial charge in [0.1, 0.15) is 0 Å². The molecule has 0 aliphatic carbocycles. The highest BCUT2D eigenvalue weighted by Crippen LogP contribution is 2.15. The van der Waals surface area contributed by atoms with Crippen LogP contribution in [0.5, 0.6) is 0 Å². The van der Waals surface area contributed by atoms with Crippen molar-refractivity contribution in [1.82, 2.24) is 9.97 Å². The van der Waals surface area contributed by atoms with Crippen molar-refractivity contribution in [2.75, 3.05) is 0 Å².